The third-order valence-electron chi connectivity index (χ3n) is 4.99. The molecule has 0 radical (unpaired) electrons. The number of nitrogens with one attached hydrogen (secondary N) is 1. The fourth-order valence-electron chi connectivity index (χ4n) is 3.35. The lowest BCUT2D eigenvalue weighted by Gasteiger charge is -2.51. The van der Waals surface area contributed by atoms with Crippen molar-refractivity contribution in [2.75, 3.05) is 40.0 Å². The van der Waals surface area contributed by atoms with Crippen LogP contribution in [0.15, 0.2) is 23.1 Å². The van der Waals surface area contributed by atoms with Crippen LogP contribution in [0.1, 0.15) is 19.3 Å². The SMILES string of the molecule is COc1ccc(S(=O)(=O)NCC2(N3CCOCC3)CCC2)cc1Cl. The molecule has 3 rings (SSSR count). The van der Waals surface area contributed by atoms with Crippen molar-refractivity contribution in [3.63, 3.8) is 0 Å². The van der Waals surface area contributed by atoms with Crippen LogP contribution in [-0.4, -0.2) is 58.8 Å². The monoisotopic (exact) mass is 374 g/mol. The normalized spacial score (nSPS) is 21.2. The Labute approximate surface area is 148 Å². The molecule has 8 heteroatoms. The lowest BCUT2D eigenvalue weighted by atomic mass is 9.75. The summed E-state index contributed by atoms with van der Waals surface area (Å²) in [5, 5.41) is 0.284. The van der Waals surface area contributed by atoms with E-state index in [1.165, 1.54) is 19.2 Å². The number of rotatable bonds is 6. The molecular weight excluding hydrogens is 352 g/mol. The van der Waals surface area contributed by atoms with E-state index in [2.05, 4.69) is 9.62 Å². The summed E-state index contributed by atoms with van der Waals surface area (Å²) in [4.78, 5) is 2.52. The highest BCUT2D eigenvalue weighted by atomic mass is 35.5. The molecule has 1 aliphatic carbocycles. The summed E-state index contributed by atoms with van der Waals surface area (Å²) in [7, 11) is -2.11. The van der Waals surface area contributed by atoms with Crippen LogP contribution < -0.4 is 9.46 Å². The first-order valence-corrected chi connectivity index (χ1v) is 9.99. The van der Waals surface area contributed by atoms with Crippen LogP contribution in [0.25, 0.3) is 0 Å². The van der Waals surface area contributed by atoms with Gasteiger partial charge in [0.25, 0.3) is 0 Å². The molecule has 2 fully saturated rings. The highest BCUT2D eigenvalue weighted by molar-refractivity contribution is 7.89. The van der Waals surface area contributed by atoms with Crippen molar-refractivity contribution in [2.24, 2.45) is 0 Å². The number of halogens is 1. The summed E-state index contributed by atoms with van der Waals surface area (Å²) in [6.45, 7) is 3.55. The van der Waals surface area contributed by atoms with Crippen molar-refractivity contribution < 1.29 is 17.9 Å². The Morgan fingerprint density at radius 1 is 1.33 bits per heavy atom. The Kier molecular flexibility index (Phi) is 5.36. The smallest absolute Gasteiger partial charge is 0.240 e. The van der Waals surface area contributed by atoms with Gasteiger partial charge < -0.3 is 9.47 Å². The predicted octanol–water partition coefficient (Wildman–Crippen LogP) is 1.88. The predicted molar refractivity (Wildman–Crippen MR) is 92.2 cm³/mol. The molecule has 0 bridgehead atoms. The molecule has 1 aromatic rings. The van der Waals surface area contributed by atoms with Gasteiger partial charge in [-0.05, 0) is 37.5 Å². The van der Waals surface area contributed by atoms with Gasteiger partial charge in [-0.2, -0.15) is 0 Å². The zero-order chi connectivity index (χ0) is 17.2. The van der Waals surface area contributed by atoms with Crippen LogP contribution >= 0.6 is 11.6 Å². The van der Waals surface area contributed by atoms with Gasteiger partial charge in [-0.15, -0.1) is 0 Å². The number of ether oxygens (including phenoxy) is 2. The van der Waals surface area contributed by atoms with Gasteiger partial charge in [0.1, 0.15) is 5.75 Å². The second-order valence-electron chi connectivity index (χ2n) is 6.30. The number of sulfonamides is 1. The molecule has 134 valence electrons. The van der Waals surface area contributed by atoms with Crippen molar-refractivity contribution in [1.29, 1.82) is 0 Å². The van der Waals surface area contributed by atoms with Crippen LogP contribution in [0, 0.1) is 0 Å². The first kappa shape index (κ1) is 17.9. The molecule has 1 N–H and O–H groups in total. The minimum Gasteiger partial charge on any atom is -0.495 e. The van der Waals surface area contributed by atoms with Gasteiger partial charge in [0.05, 0.1) is 30.2 Å². The number of hydrogen-bond acceptors (Lipinski definition) is 5. The first-order valence-electron chi connectivity index (χ1n) is 8.13. The van der Waals surface area contributed by atoms with Crippen LogP contribution in [0.4, 0.5) is 0 Å². The molecule has 0 unspecified atom stereocenters. The Morgan fingerprint density at radius 3 is 2.58 bits per heavy atom. The molecule has 1 saturated heterocycles. The van der Waals surface area contributed by atoms with Crippen LogP contribution in [0.2, 0.25) is 5.02 Å². The van der Waals surface area contributed by atoms with E-state index < -0.39 is 10.0 Å². The second-order valence-corrected chi connectivity index (χ2v) is 8.47. The summed E-state index contributed by atoms with van der Waals surface area (Å²) < 4.78 is 38.4. The van der Waals surface area contributed by atoms with Crippen molar-refractivity contribution in [3.05, 3.63) is 23.2 Å². The van der Waals surface area contributed by atoms with E-state index in [1.807, 2.05) is 0 Å². The molecule has 0 atom stereocenters. The zero-order valence-electron chi connectivity index (χ0n) is 13.8. The van der Waals surface area contributed by atoms with Gasteiger partial charge in [0, 0.05) is 25.2 Å². The maximum absolute atomic E-state index is 12.6. The number of methoxy groups -OCH3 is 1. The molecule has 0 aromatic heterocycles. The molecular formula is C16H23ClN2O4S. The van der Waals surface area contributed by atoms with Crippen LogP contribution in [0.5, 0.6) is 5.75 Å². The van der Waals surface area contributed by atoms with E-state index in [-0.39, 0.29) is 15.5 Å². The summed E-state index contributed by atoms with van der Waals surface area (Å²) in [5.41, 5.74) is -0.0763. The summed E-state index contributed by atoms with van der Waals surface area (Å²) in [6, 6.07) is 4.50. The Balaban J connectivity index is 1.71. The van der Waals surface area contributed by atoms with E-state index in [0.29, 0.717) is 25.5 Å². The van der Waals surface area contributed by atoms with Gasteiger partial charge in [-0.25, -0.2) is 13.1 Å². The van der Waals surface area contributed by atoms with E-state index >= 15 is 0 Å². The second kappa shape index (κ2) is 7.17. The molecule has 1 aromatic carbocycles. The van der Waals surface area contributed by atoms with Crippen LogP contribution in [-0.2, 0) is 14.8 Å². The highest BCUT2D eigenvalue weighted by Crippen LogP contribution is 2.38. The summed E-state index contributed by atoms with van der Waals surface area (Å²) in [6.07, 6.45) is 3.16. The molecule has 2 aliphatic rings. The molecule has 1 heterocycles. The first-order chi connectivity index (χ1) is 11.5. The maximum Gasteiger partial charge on any atom is 0.240 e. The number of morpholine rings is 1. The quantitative estimate of drug-likeness (QED) is 0.823. The van der Waals surface area contributed by atoms with E-state index in [9.17, 15) is 8.42 Å². The highest BCUT2D eigenvalue weighted by Gasteiger charge is 2.43. The van der Waals surface area contributed by atoms with Crippen molar-refractivity contribution >= 4 is 21.6 Å². The minimum absolute atomic E-state index is 0.0763. The maximum atomic E-state index is 12.6. The molecule has 1 saturated carbocycles. The van der Waals surface area contributed by atoms with Gasteiger partial charge in [-0.3, -0.25) is 4.90 Å². The molecule has 0 amide bonds. The van der Waals surface area contributed by atoms with Gasteiger partial charge in [-0.1, -0.05) is 11.6 Å². The minimum atomic E-state index is -3.60. The topological polar surface area (TPSA) is 67.9 Å². The Morgan fingerprint density at radius 2 is 2.04 bits per heavy atom. The molecule has 24 heavy (non-hydrogen) atoms. The van der Waals surface area contributed by atoms with Gasteiger partial charge in [0.2, 0.25) is 10.0 Å². The molecule has 0 spiro atoms. The zero-order valence-corrected chi connectivity index (χ0v) is 15.3. The molecule has 1 aliphatic heterocycles. The average molecular weight is 375 g/mol. The number of benzene rings is 1. The van der Waals surface area contributed by atoms with Gasteiger partial charge in [0.15, 0.2) is 0 Å². The standard InChI is InChI=1S/C16H23ClN2O4S/c1-22-15-4-3-13(11-14(15)17)24(20,21)18-12-16(5-2-6-16)19-7-9-23-10-8-19/h3-4,11,18H,2,5-10,12H2,1H3. The Hall–Kier alpha value is -0.860. The summed E-state index contributed by atoms with van der Waals surface area (Å²) >= 11 is 6.05. The van der Waals surface area contributed by atoms with Crippen molar-refractivity contribution in [2.45, 2.75) is 29.7 Å². The van der Waals surface area contributed by atoms with Gasteiger partial charge >= 0.3 is 0 Å². The van der Waals surface area contributed by atoms with Crippen molar-refractivity contribution in [3.8, 4) is 5.75 Å². The number of nitrogens with zero attached hydrogens (tertiary/aromatic N) is 1. The molecule has 6 nitrogen and oxygen atoms in total. The fourth-order valence-corrected chi connectivity index (χ4v) is 4.82. The lowest BCUT2D eigenvalue weighted by molar-refractivity contribution is -0.0527. The van der Waals surface area contributed by atoms with Crippen molar-refractivity contribution in [1.82, 2.24) is 9.62 Å². The Bertz CT molecular complexity index is 685. The fraction of sp³-hybridized carbons (Fsp3) is 0.625. The van der Waals surface area contributed by atoms with E-state index in [1.54, 1.807) is 6.07 Å². The van der Waals surface area contributed by atoms with Crippen LogP contribution in [0.3, 0.4) is 0 Å². The third-order valence-corrected chi connectivity index (χ3v) is 6.69. The lowest BCUT2D eigenvalue weighted by Crippen LogP contribution is -2.62. The largest absolute Gasteiger partial charge is 0.495 e. The number of hydrogen-bond donors (Lipinski definition) is 1. The summed E-state index contributed by atoms with van der Waals surface area (Å²) in [5.74, 6) is 0.458. The van der Waals surface area contributed by atoms with E-state index in [0.717, 1.165) is 32.4 Å². The third kappa shape index (κ3) is 3.55. The van der Waals surface area contributed by atoms with E-state index in [4.69, 9.17) is 21.1 Å². The average Bonchev–Trinajstić information content (AvgIpc) is 2.54.